The molecule has 3 aliphatic heterocycles. The average Bonchev–Trinajstić information content (AvgIpc) is 2.02. The maximum absolute atomic E-state index is 2.41. The van der Waals surface area contributed by atoms with Gasteiger partial charge in [0.2, 0.25) is 0 Å². The summed E-state index contributed by atoms with van der Waals surface area (Å²) in [4.78, 5) is 0. The van der Waals surface area contributed by atoms with E-state index in [1.54, 1.807) is 31.9 Å². The topological polar surface area (TPSA) is 0 Å². The largest absolute Gasteiger partial charge is 0.143 e. The Hall–Kier alpha value is 0.0649. The molecule has 0 N–H and O–H groups in total. The molecule has 0 nitrogen and oxygen atoms in total. The van der Waals surface area contributed by atoms with Crippen molar-refractivity contribution in [1.82, 2.24) is 0 Å². The maximum atomic E-state index is 2.41. The summed E-state index contributed by atoms with van der Waals surface area (Å²) in [5, 5.41) is 0. The van der Waals surface area contributed by atoms with Crippen molar-refractivity contribution in [2.24, 2.45) is 17.8 Å². The summed E-state index contributed by atoms with van der Waals surface area (Å²) in [6.45, 7) is 3.57. The summed E-state index contributed by atoms with van der Waals surface area (Å²) >= 11 is 0. The Labute approximate surface area is 76.2 Å². The lowest BCUT2D eigenvalue weighted by atomic mass is 9.23. The molecule has 1 aliphatic carbocycles. The molecule has 0 aromatic rings. The first-order valence-electron chi connectivity index (χ1n) is 5.86. The van der Waals surface area contributed by atoms with Crippen LogP contribution in [0.3, 0.4) is 0 Å². The molecular formula is C11H19B. The second-order valence-electron chi connectivity index (χ2n) is 5.50. The highest BCUT2D eigenvalue weighted by molar-refractivity contribution is 6.61. The van der Waals surface area contributed by atoms with E-state index in [9.17, 15) is 0 Å². The summed E-state index contributed by atoms with van der Waals surface area (Å²) in [6.07, 6.45) is 9.48. The molecule has 0 spiro atoms. The highest BCUT2D eigenvalue weighted by atomic mass is 14.4. The molecule has 4 fully saturated rings. The minimum absolute atomic E-state index is 1.14. The predicted octanol–water partition coefficient (Wildman–Crippen LogP) is 3.32. The monoisotopic (exact) mass is 162 g/mol. The van der Waals surface area contributed by atoms with Gasteiger partial charge in [-0.2, -0.15) is 0 Å². The van der Waals surface area contributed by atoms with Gasteiger partial charge in [0, 0.05) is 0 Å². The molecule has 0 aromatic carbocycles. The maximum Gasteiger partial charge on any atom is 0.143 e. The van der Waals surface area contributed by atoms with Crippen molar-refractivity contribution in [3.63, 3.8) is 0 Å². The van der Waals surface area contributed by atoms with Crippen molar-refractivity contribution >= 4 is 6.71 Å². The number of rotatable bonds is 1. The summed E-state index contributed by atoms with van der Waals surface area (Å²) in [6, 6.07) is 0. The molecule has 4 aliphatic rings. The van der Waals surface area contributed by atoms with Crippen molar-refractivity contribution in [1.29, 1.82) is 0 Å². The lowest BCUT2D eigenvalue weighted by Gasteiger charge is -2.53. The fourth-order valence-electron chi connectivity index (χ4n) is 4.70. The van der Waals surface area contributed by atoms with Crippen LogP contribution in [-0.4, -0.2) is 6.71 Å². The van der Waals surface area contributed by atoms with Gasteiger partial charge in [0.15, 0.2) is 0 Å². The van der Waals surface area contributed by atoms with E-state index in [0.717, 1.165) is 30.3 Å². The summed E-state index contributed by atoms with van der Waals surface area (Å²) < 4.78 is 0. The van der Waals surface area contributed by atoms with E-state index in [1.165, 1.54) is 6.42 Å². The van der Waals surface area contributed by atoms with Gasteiger partial charge in [0.1, 0.15) is 6.71 Å². The van der Waals surface area contributed by atoms with Crippen LogP contribution in [0.25, 0.3) is 0 Å². The van der Waals surface area contributed by atoms with E-state index in [-0.39, 0.29) is 0 Å². The van der Waals surface area contributed by atoms with Crippen LogP contribution in [-0.2, 0) is 0 Å². The quantitative estimate of drug-likeness (QED) is 0.519. The van der Waals surface area contributed by atoms with Crippen LogP contribution in [0.1, 0.15) is 32.6 Å². The highest BCUT2D eigenvalue weighted by Crippen LogP contribution is 2.56. The molecule has 1 heteroatoms. The van der Waals surface area contributed by atoms with E-state index in [2.05, 4.69) is 6.92 Å². The summed E-state index contributed by atoms with van der Waals surface area (Å²) in [5.41, 5.74) is 0. The minimum Gasteiger partial charge on any atom is -0.0710 e. The van der Waals surface area contributed by atoms with E-state index < -0.39 is 0 Å². The molecule has 4 atom stereocenters. The fraction of sp³-hybridized carbons (Fsp3) is 1.00. The first kappa shape index (κ1) is 7.47. The van der Waals surface area contributed by atoms with Gasteiger partial charge < -0.3 is 0 Å². The van der Waals surface area contributed by atoms with Crippen LogP contribution in [0.4, 0.5) is 0 Å². The summed E-state index contributed by atoms with van der Waals surface area (Å²) in [5.74, 6) is 4.62. The Morgan fingerprint density at radius 3 is 2.25 bits per heavy atom. The van der Waals surface area contributed by atoms with Crippen LogP contribution < -0.4 is 0 Å². The van der Waals surface area contributed by atoms with Gasteiger partial charge in [-0.3, -0.25) is 0 Å². The zero-order valence-electron chi connectivity index (χ0n) is 8.13. The third kappa shape index (κ3) is 0.915. The molecular weight excluding hydrogens is 143 g/mol. The first-order chi connectivity index (χ1) is 5.86. The molecule has 12 heavy (non-hydrogen) atoms. The molecule has 0 aromatic heterocycles. The van der Waals surface area contributed by atoms with Crippen molar-refractivity contribution in [3.05, 3.63) is 0 Å². The molecule has 4 bridgehead atoms. The van der Waals surface area contributed by atoms with Gasteiger partial charge in [-0.05, 0) is 37.0 Å². The van der Waals surface area contributed by atoms with Crippen LogP contribution in [0, 0.1) is 17.8 Å². The predicted molar refractivity (Wildman–Crippen MR) is 53.7 cm³/mol. The zero-order chi connectivity index (χ0) is 8.13. The molecule has 4 rings (SSSR count). The molecule has 1 saturated carbocycles. The third-order valence-electron chi connectivity index (χ3n) is 4.89. The first-order valence-corrected chi connectivity index (χ1v) is 5.86. The second kappa shape index (κ2) is 2.53. The Balaban J connectivity index is 1.86. The van der Waals surface area contributed by atoms with Gasteiger partial charge in [-0.1, -0.05) is 31.8 Å². The van der Waals surface area contributed by atoms with Crippen LogP contribution in [0.15, 0.2) is 0 Å². The smallest absolute Gasteiger partial charge is 0.0710 e. The van der Waals surface area contributed by atoms with Crippen molar-refractivity contribution in [2.75, 3.05) is 0 Å². The van der Waals surface area contributed by atoms with Gasteiger partial charge in [-0.25, -0.2) is 0 Å². The summed E-state index contributed by atoms with van der Waals surface area (Å²) in [7, 11) is 0. The van der Waals surface area contributed by atoms with E-state index >= 15 is 0 Å². The van der Waals surface area contributed by atoms with Gasteiger partial charge in [0.05, 0.1) is 0 Å². The van der Waals surface area contributed by atoms with E-state index in [4.69, 9.17) is 0 Å². The van der Waals surface area contributed by atoms with Gasteiger partial charge in [-0.15, -0.1) is 0 Å². The Morgan fingerprint density at radius 1 is 1.08 bits per heavy atom. The highest BCUT2D eigenvalue weighted by Gasteiger charge is 2.48. The molecule has 3 saturated heterocycles. The minimum atomic E-state index is 1.14. The standard InChI is InChI=1S/C11H19B/c1-2-11-10-4-8-3-9(5-10)7-12(11)6-8/h8-11H,2-7H2,1H3/t8-,9+,10?,11?. The van der Waals surface area contributed by atoms with Crippen molar-refractivity contribution < 1.29 is 0 Å². The lowest BCUT2D eigenvalue weighted by Crippen LogP contribution is -2.47. The van der Waals surface area contributed by atoms with Crippen LogP contribution in [0.5, 0.6) is 0 Å². The Bertz CT molecular complexity index is 159. The molecule has 2 unspecified atom stereocenters. The Kier molecular flexibility index (Phi) is 1.57. The molecule has 3 heterocycles. The van der Waals surface area contributed by atoms with E-state index in [0.29, 0.717) is 0 Å². The van der Waals surface area contributed by atoms with Crippen LogP contribution in [0.2, 0.25) is 18.5 Å². The zero-order valence-corrected chi connectivity index (χ0v) is 8.13. The number of hydrogen-bond donors (Lipinski definition) is 0. The molecule has 0 amide bonds. The second-order valence-corrected chi connectivity index (χ2v) is 5.50. The Morgan fingerprint density at radius 2 is 1.75 bits per heavy atom. The van der Waals surface area contributed by atoms with Gasteiger partial charge in [0.25, 0.3) is 0 Å². The number of hydrogen-bond acceptors (Lipinski definition) is 0. The molecule has 0 radical (unpaired) electrons. The van der Waals surface area contributed by atoms with Crippen LogP contribution >= 0.6 is 0 Å². The van der Waals surface area contributed by atoms with Crippen molar-refractivity contribution in [3.8, 4) is 0 Å². The molecule has 66 valence electrons. The SMILES string of the molecule is CCC1B2C[C@@H]3CC1C[C@H](C2)C3. The van der Waals surface area contributed by atoms with Crippen molar-refractivity contribution in [2.45, 2.75) is 51.1 Å². The lowest BCUT2D eigenvalue weighted by molar-refractivity contribution is 0.164. The van der Waals surface area contributed by atoms with E-state index in [1.807, 2.05) is 0 Å². The fourth-order valence-corrected chi connectivity index (χ4v) is 4.70. The third-order valence-corrected chi connectivity index (χ3v) is 4.89. The normalized spacial score (nSPS) is 50.2. The van der Waals surface area contributed by atoms with Gasteiger partial charge >= 0.3 is 0 Å². The average molecular weight is 162 g/mol.